The van der Waals surface area contributed by atoms with Crippen LogP contribution in [0.25, 0.3) is 10.9 Å². The molecule has 2 aromatic rings. The van der Waals surface area contributed by atoms with E-state index >= 15 is 0 Å². The lowest BCUT2D eigenvalue weighted by atomic mass is 9.94. The minimum atomic E-state index is 0.149. The normalized spacial score (nSPS) is 15.9. The Morgan fingerprint density at radius 3 is 2.83 bits per heavy atom. The maximum absolute atomic E-state index is 12.5. The molecule has 0 bridgehead atoms. The van der Waals surface area contributed by atoms with Crippen LogP contribution < -0.4 is 0 Å². The molecular formula is C15H14N2O. The first kappa shape index (κ1) is 11.0. The van der Waals surface area contributed by atoms with Crippen molar-refractivity contribution >= 4 is 16.7 Å². The minimum Gasteiger partial charge on any atom is -0.360 e. The van der Waals surface area contributed by atoms with Crippen LogP contribution in [0.15, 0.2) is 24.4 Å². The van der Waals surface area contributed by atoms with E-state index in [4.69, 9.17) is 5.26 Å². The summed E-state index contributed by atoms with van der Waals surface area (Å²) in [5.74, 6) is 0.345. The van der Waals surface area contributed by atoms with Gasteiger partial charge < -0.3 is 4.98 Å². The van der Waals surface area contributed by atoms with Gasteiger partial charge in [0.1, 0.15) is 0 Å². The van der Waals surface area contributed by atoms with E-state index in [9.17, 15) is 4.79 Å². The molecule has 0 spiro atoms. The highest BCUT2D eigenvalue weighted by atomic mass is 16.1. The van der Waals surface area contributed by atoms with Crippen LogP contribution in [-0.4, -0.2) is 10.8 Å². The highest BCUT2D eigenvalue weighted by Crippen LogP contribution is 2.31. The highest BCUT2D eigenvalue weighted by molar-refractivity contribution is 6.10. The molecule has 18 heavy (non-hydrogen) atoms. The van der Waals surface area contributed by atoms with E-state index in [1.165, 1.54) is 0 Å². The van der Waals surface area contributed by atoms with E-state index in [0.29, 0.717) is 11.1 Å². The van der Waals surface area contributed by atoms with Crippen molar-refractivity contribution in [2.24, 2.45) is 5.92 Å². The molecule has 0 aliphatic heterocycles. The first-order valence-corrected chi connectivity index (χ1v) is 6.35. The predicted octanol–water partition coefficient (Wildman–Crippen LogP) is 3.41. The first-order chi connectivity index (χ1) is 8.81. The van der Waals surface area contributed by atoms with Gasteiger partial charge in [-0.2, -0.15) is 5.26 Å². The van der Waals surface area contributed by atoms with Gasteiger partial charge in [0.25, 0.3) is 0 Å². The van der Waals surface area contributed by atoms with Crippen LogP contribution in [-0.2, 0) is 0 Å². The molecule has 1 saturated carbocycles. The highest BCUT2D eigenvalue weighted by Gasteiger charge is 2.26. The number of carbonyl (C=O) groups is 1. The Balaban J connectivity index is 2.12. The molecule has 1 aliphatic rings. The average molecular weight is 238 g/mol. The second-order valence-corrected chi connectivity index (χ2v) is 4.89. The Labute approximate surface area is 105 Å². The molecule has 1 aromatic carbocycles. The van der Waals surface area contributed by atoms with Crippen LogP contribution in [0.4, 0.5) is 0 Å². The third-order valence-electron chi connectivity index (χ3n) is 3.82. The molecular weight excluding hydrogens is 224 g/mol. The molecule has 0 amide bonds. The van der Waals surface area contributed by atoms with Crippen molar-refractivity contribution in [2.45, 2.75) is 25.7 Å². The van der Waals surface area contributed by atoms with Crippen molar-refractivity contribution in [3.8, 4) is 6.07 Å². The van der Waals surface area contributed by atoms with Gasteiger partial charge >= 0.3 is 0 Å². The number of ketones is 1. The second kappa shape index (κ2) is 4.30. The number of rotatable bonds is 2. The van der Waals surface area contributed by atoms with Crippen LogP contribution in [0, 0.1) is 17.2 Å². The summed E-state index contributed by atoms with van der Waals surface area (Å²) >= 11 is 0. The van der Waals surface area contributed by atoms with E-state index in [2.05, 4.69) is 11.1 Å². The number of benzene rings is 1. The van der Waals surface area contributed by atoms with Crippen molar-refractivity contribution < 1.29 is 4.79 Å². The molecule has 3 heteroatoms. The molecule has 90 valence electrons. The van der Waals surface area contributed by atoms with Crippen LogP contribution in [0.1, 0.15) is 41.6 Å². The van der Waals surface area contributed by atoms with Crippen molar-refractivity contribution in [1.82, 2.24) is 4.98 Å². The quantitative estimate of drug-likeness (QED) is 0.815. The molecule has 1 heterocycles. The third-order valence-corrected chi connectivity index (χ3v) is 3.82. The number of nitrogens with one attached hydrogen (secondary N) is 1. The fourth-order valence-corrected chi connectivity index (χ4v) is 2.88. The number of aromatic amines is 1. The summed E-state index contributed by atoms with van der Waals surface area (Å²) in [5.41, 5.74) is 2.14. The lowest BCUT2D eigenvalue weighted by Gasteiger charge is -2.06. The number of nitriles is 1. The zero-order chi connectivity index (χ0) is 12.5. The SMILES string of the molecule is N#Cc1cccc2[nH]cc(C(=O)C3CCCC3)c12. The molecule has 0 saturated heterocycles. The third kappa shape index (κ3) is 1.62. The first-order valence-electron chi connectivity index (χ1n) is 6.35. The number of hydrogen-bond donors (Lipinski definition) is 1. The topological polar surface area (TPSA) is 56.6 Å². The number of hydrogen-bond acceptors (Lipinski definition) is 2. The van der Waals surface area contributed by atoms with Crippen LogP contribution in [0.3, 0.4) is 0 Å². The van der Waals surface area contributed by atoms with Crippen molar-refractivity contribution in [3.05, 3.63) is 35.5 Å². The van der Waals surface area contributed by atoms with Gasteiger partial charge in [-0.3, -0.25) is 4.79 Å². The van der Waals surface area contributed by atoms with Gasteiger partial charge in [-0.15, -0.1) is 0 Å². The van der Waals surface area contributed by atoms with Gasteiger partial charge in [-0.05, 0) is 25.0 Å². The fraction of sp³-hybridized carbons (Fsp3) is 0.333. The minimum absolute atomic E-state index is 0.149. The maximum Gasteiger partial charge on any atom is 0.168 e. The molecule has 0 atom stereocenters. The number of nitrogens with zero attached hydrogens (tertiary/aromatic N) is 1. The summed E-state index contributed by atoms with van der Waals surface area (Å²) in [6.45, 7) is 0. The maximum atomic E-state index is 12.5. The van der Waals surface area contributed by atoms with Gasteiger partial charge in [-0.25, -0.2) is 0 Å². The number of carbonyl (C=O) groups excluding carboxylic acids is 1. The number of aromatic nitrogens is 1. The van der Waals surface area contributed by atoms with Crippen LogP contribution in [0.2, 0.25) is 0 Å². The molecule has 1 fully saturated rings. The summed E-state index contributed by atoms with van der Waals surface area (Å²) in [7, 11) is 0. The van der Waals surface area contributed by atoms with Crippen molar-refractivity contribution in [2.75, 3.05) is 0 Å². The number of H-pyrrole nitrogens is 1. The smallest absolute Gasteiger partial charge is 0.168 e. The summed E-state index contributed by atoms with van der Waals surface area (Å²) in [4.78, 5) is 15.6. The lowest BCUT2D eigenvalue weighted by Crippen LogP contribution is -2.10. The van der Waals surface area contributed by atoms with E-state index in [1.807, 2.05) is 12.1 Å². The summed E-state index contributed by atoms with van der Waals surface area (Å²) in [6.07, 6.45) is 6.01. The Hall–Kier alpha value is -2.08. The lowest BCUT2D eigenvalue weighted by molar-refractivity contribution is 0.0924. The molecule has 1 N–H and O–H groups in total. The van der Waals surface area contributed by atoms with Crippen LogP contribution in [0.5, 0.6) is 0 Å². The molecule has 3 rings (SSSR count). The van der Waals surface area contributed by atoms with Gasteiger partial charge in [0.15, 0.2) is 5.78 Å². The van der Waals surface area contributed by atoms with Gasteiger partial charge in [0.05, 0.1) is 11.6 Å². The number of fused-ring (bicyclic) bond motifs is 1. The molecule has 1 aliphatic carbocycles. The summed E-state index contributed by atoms with van der Waals surface area (Å²) < 4.78 is 0. The Morgan fingerprint density at radius 2 is 2.11 bits per heavy atom. The largest absolute Gasteiger partial charge is 0.360 e. The molecule has 0 radical (unpaired) electrons. The Bertz CT molecular complexity index is 642. The summed E-state index contributed by atoms with van der Waals surface area (Å²) in [6, 6.07) is 7.67. The van der Waals surface area contributed by atoms with Gasteiger partial charge in [-0.1, -0.05) is 18.9 Å². The fourth-order valence-electron chi connectivity index (χ4n) is 2.88. The van der Waals surface area contributed by atoms with E-state index in [-0.39, 0.29) is 11.7 Å². The zero-order valence-corrected chi connectivity index (χ0v) is 10.1. The molecule has 0 unspecified atom stereocenters. The van der Waals surface area contributed by atoms with E-state index < -0.39 is 0 Å². The molecule has 1 aromatic heterocycles. The second-order valence-electron chi connectivity index (χ2n) is 4.89. The van der Waals surface area contributed by atoms with Crippen molar-refractivity contribution in [3.63, 3.8) is 0 Å². The van der Waals surface area contributed by atoms with E-state index in [0.717, 1.165) is 36.6 Å². The van der Waals surface area contributed by atoms with Crippen LogP contribution >= 0.6 is 0 Å². The Kier molecular flexibility index (Phi) is 2.64. The van der Waals surface area contributed by atoms with Gasteiger partial charge in [0.2, 0.25) is 0 Å². The van der Waals surface area contributed by atoms with Gasteiger partial charge in [0, 0.05) is 28.6 Å². The number of Topliss-reactive ketones (excluding diaryl/α,β-unsaturated/α-hetero) is 1. The van der Waals surface area contributed by atoms with Crippen molar-refractivity contribution in [1.29, 1.82) is 5.26 Å². The molecule has 3 nitrogen and oxygen atoms in total. The Morgan fingerprint density at radius 1 is 1.33 bits per heavy atom. The monoisotopic (exact) mass is 238 g/mol. The summed E-state index contributed by atoms with van der Waals surface area (Å²) in [5, 5.41) is 9.94. The predicted molar refractivity (Wildman–Crippen MR) is 69.3 cm³/mol. The average Bonchev–Trinajstić information content (AvgIpc) is 3.06. The van der Waals surface area contributed by atoms with E-state index in [1.54, 1.807) is 12.3 Å². The standard InChI is InChI=1S/C15H14N2O/c16-8-11-6-3-7-13-14(11)12(9-17-13)15(18)10-4-1-2-5-10/h3,6-7,9-10,17H,1-2,4-5H2. The zero-order valence-electron chi connectivity index (χ0n) is 10.1.